The molecule has 0 saturated heterocycles. The van der Waals surface area contributed by atoms with Crippen LogP contribution in [0.15, 0.2) is 60.7 Å². The zero-order valence-electron chi connectivity index (χ0n) is 15.0. The van der Waals surface area contributed by atoms with Gasteiger partial charge in [-0.15, -0.1) is 0 Å². The van der Waals surface area contributed by atoms with Crippen LogP contribution in [0.1, 0.15) is 24.0 Å². The van der Waals surface area contributed by atoms with E-state index >= 15 is 0 Å². The van der Waals surface area contributed by atoms with Gasteiger partial charge in [-0.2, -0.15) is 0 Å². The molecule has 23 heavy (non-hydrogen) atoms. The summed E-state index contributed by atoms with van der Waals surface area (Å²) in [6.07, 6.45) is 2.25. The van der Waals surface area contributed by atoms with E-state index < -0.39 is 0 Å². The number of nitrogens with zero attached hydrogens (tertiary/aromatic N) is 2. The fourth-order valence-electron chi connectivity index (χ4n) is 3.21. The summed E-state index contributed by atoms with van der Waals surface area (Å²) in [5, 5.41) is 0. The zero-order chi connectivity index (χ0) is 16.7. The summed E-state index contributed by atoms with van der Waals surface area (Å²) in [5.41, 5.74) is 2.92. The van der Waals surface area contributed by atoms with Crippen LogP contribution in [0.4, 0.5) is 0 Å². The van der Waals surface area contributed by atoms with Crippen LogP contribution in [0.25, 0.3) is 0 Å². The summed E-state index contributed by atoms with van der Waals surface area (Å²) >= 11 is 0. The normalized spacial score (nSPS) is 12.1. The van der Waals surface area contributed by atoms with E-state index in [4.69, 9.17) is 0 Å². The van der Waals surface area contributed by atoms with Gasteiger partial charge in [-0.1, -0.05) is 60.7 Å². The molecule has 0 amide bonds. The summed E-state index contributed by atoms with van der Waals surface area (Å²) in [4.78, 5) is 4.58. The maximum Gasteiger partial charge on any atom is 0.0227 e. The van der Waals surface area contributed by atoms with Gasteiger partial charge in [-0.05, 0) is 65.2 Å². The number of rotatable bonds is 8. The van der Waals surface area contributed by atoms with Crippen LogP contribution in [-0.4, -0.2) is 51.1 Å². The highest BCUT2D eigenvalue weighted by molar-refractivity contribution is 5.39. The van der Waals surface area contributed by atoms with Gasteiger partial charge in [0.15, 0.2) is 0 Å². The highest BCUT2D eigenvalue weighted by Crippen LogP contribution is 2.39. The Balaban J connectivity index is 2.48. The zero-order valence-corrected chi connectivity index (χ0v) is 15.0. The summed E-state index contributed by atoms with van der Waals surface area (Å²) < 4.78 is 0. The van der Waals surface area contributed by atoms with E-state index in [9.17, 15) is 0 Å². The summed E-state index contributed by atoms with van der Waals surface area (Å²) in [7, 11) is 8.64. The molecule has 0 aliphatic heterocycles. The standard InChI is InChI=1S/C21H30N2/c1-22(2)17-15-21(16-18-23(3)4,19-11-7-5-8-12-19)20-13-9-6-10-14-20/h5-14H,15-18H2,1-4H3. The SMILES string of the molecule is CN(C)CCC(CCN(C)C)(c1ccccc1)c1ccccc1. The van der Waals surface area contributed by atoms with E-state index in [1.54, 1.807) is 0 Å². The molecule has 0 radical (unpaired) electrons. The Hall–Kier alpha value is -1.64. The second-order valence-electron chi connectivity index (χ2n) is 6.92. The molecule has 0 saturated carbocycles. The van der Waals surface area contributed by atoms with Crippen LogP contribution in [-0.2, 0) is 5.41 Å². The van der Waals surface area contributed by atoms with Gasteiger partial charge in [-0.25, -0.2) is 0 Å². The molecule has 0 unspecified atom stereocenters. The largest absolute Gasteiger partial charge is 0.309 e. The van der Waals surface area contributed by atoms with Crippen molar-refractivity contribution in [3.05, 3.63) is 71.8 Å². The summed E-state index contributed by atoms with van der Waals surface area (Å²) in [6, 6.07) is 22.0. The Morgan fingerprint density at radius 2 is 0.957 bits per heavy atom. The van der Waals surface area contributed by atoms with E-state index in [1.807, 2.05) is 0 Å². The molecule has 0 spiro atoms. The smallest absolute Gasteiger partial charge is 0.0227 e. The molecule has 0 fully saturated rings. The van der Waals surface area contributed by atoms with Gasteiger partial charge in [-0.3, -0.25) is 0 Å². The van der Waals surface area contributed by atoms with Crippen molar-refractivity contribution >= 4 is 0 Å². The molecule has 2 aromatic carbocycles. The number of benzene rings is 2. The molecule has 2 heteroatoms. The van der Waals surface area contributed by atoms with Crippen molar-refractivity contribution in [2.45, 2.75) is 18.3 Å². The van der Waals surface area contributed by atoms with Crippen molar-refractivity contribution < 1.29 is 0 Å². The lowest BCUT2D eigenvalue weighted by atomic mass is 9.69. The Bertz CT molecular complexity index is 507. The molecule has 0 bridgehead atoms. The third kappa shape index (κ3) is 4.66. The van der Waals surface area contributed by atoms with Crippen LogP contribution >= 0.6 is 0 Å². The molecule has 2 nitrogen and oxygen atoms in total. The average molecular weight is 310 g/mol. The van der Waals surface area contributed by atoms with Crippen molar-refractivity contribution in [3.63, 3.8) is 0 Å². The molecular formula is C21H30N2. The fraction of sp³-hybridized carbons (Fsp3) is 0.429. The molecule has 0 N–H and O–H groups in total. The molecule has 0 heterocycles. The highest BCUT2D eigenvalue weighted by atomic mass is 15.1. The first-order valence-corrected chi connectivity index (χ1v) is 8.45. The highest BCUT2D eigenvalue weighted by Gasteiger charge is 2.33. The first-order chi connectivity index (χ1) is 11.0. The van der Waals surface area contributed by atoms with Crippen molar-refractivity contribution in [1.82, 2.24) is 9.80 Å². The van der Waals surface area contributed by atoms with Crippen LogP contribution in [0.2, 0.25) is 0 Å². The number of hydrogen-bond donors (Lipinski definition) is 0. The van der Waals surface area contributed by atoms with Gasteiger partial charge in [0.1, 0.15) is 0 Å². The van der Waals surface area contributed by atoms with Crippen molar-refractivity contribution in [3.8, 4) is 0 Å². The minimum Gasteiger partial charge on any atom is -0.309 e. The first kappa shape index (κ1) is 17.7. The summed E-state index contributed by atoms with van der Waals surface area (Å²) in [6.45, 7) is 2.16. The van der Waals surface area contributed by atoms with E-state index in [1.165, 1.54) is 11.1 Å². The van der Waals surface area contributed by atoms with Gasteiger partial charge in [0.05, 0.1) is 0 Å². The van der Waals surface area contributed by atoms with Crippen LogP contribution in [0.5, 0.6) is 0 Å². The van der Waals surface area contributed by atoms with Crippen molar-refractivity contribution in [2.75, 3.05) is 41.3 Å². The van der Waals surface area contributed by atoms with Gasteiger partial charge in [0.25, 0.3) is 0 Å². The van der Waals surface area contributed by atoms with Crippen LogP contribution in [0, 0.1) is 0 Å². The molecule has 2 rings (SSSR count). The third-order valence-electron chi connectivity index (χ3n) is 4.62. The Morgan fingerprint density at radius 3 is 1.26 bits per heavy atom. The van der Waals surface area contributed by atoms with Crippen LogP contribution < -0.4 is 0 Å². The molecule has 0 aliphatic carbocycles. The minimum atomic E-state index is 0.0665. The van der Waals surface area contributed by atoms with Crippen molar-refractivity contribution in [1.29, 1.82) is 0 Å². The predicted molar refractivity (Wildman–Crippen MR) is 100 cm³/mol. The van der Waals surface area contributed by atoms with Gasteiger partial charge < -0.3 is 9.80 Å². The molecule has 0 atom stereocenters. The Labute approximate surface area is 141 Å². The first-order valence-electron chi connectivity index (χ1n) is 8.45. The van der Waals surface area contributed by atoms with Crippen molar-refractivity contribution in [2.24, 2.45) is 0 Å². The van der Waals surface area contributed by atoms with E-state index in [0.717, 1.165) is 25.9 Å². The maximum atomic E-state index is 2.29. The van der Waals surface area contributed by atoms with E-state index in [0.29, 0.717) is 0 Å². The number of hydrogen-bond acceptors (Lipinski definition) is 2. The molecule has 0 aliphatic rings. The lowest BCUT2D eigenvalue weighted by molar-refractivity contribution is 0.296. The second-order valence-corrected chi connectivity index (χ2v) is 6.92. The van der Waals surface area contributed by atoms with Gasteiger partial charge >= 0.3 is 0 Å². The Morgan fingerprint density at radius 1 is 0.609 bits per heavy atom. The summed E-state index contributed by atoms with van der Waals surface area (Å²) in [5.74, 6) is 0. The lowest BCUT2D eigenvalue weighted by Gasteiger charge is -2.37. The quantitative estimate of drug-likeness (QED) is 0.730. The maximum absolute atomic E-state index is 2.29. The molecule has 2 aromatic rings. The van der Waals surface area contributed by atoms with Crippen LogP contribution in [0.3, 0.4) is 0 Å². The molecular weight excluding hydrogens is 280 g/mol. The fourth-order valence-corrected chi connectivity index (χ4v) is 3.21. The average Bonchev–Trinajstić information content (AvgIpc) is 2.56. The molecule has 0 aromatic heterocycles. The monoisotopic (exact) mass is 310 g/mol. The second kappa shape index (κ2) is 8.28. The molecule has 124 valence electrons. The topological polar surface area (TPSA) is 6.48 Å². The Kier molecular flexibility index (Phi) is 6.37. The lowest BCUT2D eigenvalue weighted by Crippen LogP contribution is -2.35. The van der Waals surface area contributed by atoms with E-state index in [2.05, 4.69) is 98.7 Å². The van der Waals surface area contributed by atoms with Gasteiger partial charge in [0, 0.05) is 5.41 Å². The van der Waals surface area contributed by atoms with Gasteiger partial charge in [0.2, 0.25) is 0 Å². The minimum absolute atomic E-state index is 0.0665. The van der Waals surface area contributed by atoms with E-state index in [-0.39, 0.29) is 5.41 Å². The third-order valence-corrected chi connectivity index (χ3v) is 4.62. The predicted octanol–water partition coefficient (Wildman–Crippen LogP) is 3.88.